The molecule has 3 saturated heterocycles. The number of likely N-dealkylation sites (tertiary alicyclic amines) is 1. The van der Waals surface area contributed by atoms with E-state index in [9.17, 15) is 9.59 Å². The average molecular weight is 378 g/mol. The first kappa shape index (κ1) is 19.2. The quantitative estimate of drug-likeness (QED) is 0.828. The molecular weight excluding hydrogens is 350 g/mol. The Hall–Kier alpha value is -1.59. The topological polar surface area (TPSA) is 61.4 Å². The van der Waals surface area contributed by atoms with Crippen LogP contribution in [-0.4, -0.2) is 35.3 Å². The van der Waals surface area contributed by atoms with E-state index in [-0.39, 0.29) is 24.2 Å². The smallest absolute Gasteiger partial charge is 0.224 e. The van der Waals surface area contributed by atoms with Crippen molar-refractivity contribution >= 4 is 29.9 Å². The standard InChI is InChI=1S/C20H27N3O2.ClH/c24-19(12-15-10-17-7-8-18(11-15)21-17)22-16-5-3-14(4-6-16)13-23-9-1-2-20(23)25;/h3-6,15,17-18,21H,1-2,7-13H2,(H,22,24);1H. The SMILES string of the molecule is Cl.O=C(CC1CC2CCC(C1)N2)Nc1ccc(CN2CCCC2=O)cc1. The molecule has 2 atom stereocenters. The van der Waals surface area contributed by atoms with Crippen LogP contribution < -0.4 is 10.6 Å². The summed E-state index contributed by atoms with van der Waals surface area (Å²) in [5.41, 5.74) is 1.96. The van der Waals surface area contributed by atoms with Crippen LogP contribution in [0.5, 0.6) is 0 Å². The molecule has 5 nitrogen and oxygen atoms in total. The number of fused-ring (bicyclic) bond motifs is 2. The van der Waals surface area contributed by atoms with Gasteiger partial charge in [-0.1, -0.05) is 12.1 Å². The van der Waals surface area contributed by atoms with Crippen LogP contribution in [0.4, 0.5) is 5.69 Å². The van der Waals surface area contributed by atoms with Crippen LogP contribution in [0.3, 0.4) is 0 Å². The Labute approximate surface area is 161 Å². The highest BCUT2D eigenvalue weighted by Crippen LogP contribution is 2.32. The van der Waals surface area contributed by atoms with E-state index in [1.807, 2.05) is 29.2 Å². The minimum atomic E-state index is 0. The molecule has 6 heteroatoms. The number of carbonyl (C=O) groups is 2. The molecule has 3 aliphatic heterocycles. The molecule has 4 rings (SSSR count). The number of nitrogens with one attached hydrogen (secondary N) is 2. The van der Waals surface area contributed by atoms with Crippen LogP contribution in [0, 0.1) is 5.92 Å². The highest BCUT2D eigenvalue weighted by atomic mass is 35.5. The molecule has 2 N–H and O–H groups in total. The predicted octanol–water partition coefficient (Wildman–Crippen LogP) is 3.09. The first-order chi connectivity index (χ1) is 12.2. The molecule has 2 unspecified atom stereocenters. The van der Waals surface area contributed by atoms with E-state index < -0.39 is 0 Å². The predicted molar refractivity (Wildman–Crippen MR) is 104 cm³/mol. The second kappa shape index (κ2) is 8.40. The zero-order valence-electron chi connectivity index (χ0n) is 15.1. The van der Waals surface area contributed by atoms with Crippen LogP contribution in [0.15, 0.2) is 24.3 Å². The third-order valence-electron chi connectivity index (χ3n) is 5.83. The first-order valence-corrected chi connectivity index (χ1v) is 9.58. The van der Waals surface area contributed by atoms with Gasteiger partial charge in [0.15, 0.2) is 0 Å². The fraction of sp³-hybridized carbons (Fsp3) is 0.600. The fourth-order valence-electron chi connectivity index (χ4n) is 4.60. The molecule has 0 radical (unpaired) electrons. The molecule has 0 saturated carbocycles. The lowest BCUT2D eigenvalue weighted by atomic mass is 9.89. The molecule has 0 aromatic heterocycles. The zero-order valence-corrected chi connectivity index (χ0v) is 15.9. The maximum atomic E-state index is 12.3. The highest BCUT2D eigenvalue weighted by molar-refractivity contribution is 5.90. The molecule has 3 fully saturated rings. The minimum absolute atomic E-state index is 0. The highest BCUT2D eigenvalue weighted by Gasteiger charge is 2.34. The van der Waals surface area contributed by atoms with Crippen molar-refractivity contribution in [1.82, 2.24) is 10.2 Å². The number of carbonyl (C=O) groups excluding carboxylic acids is 2. The number of amides is 2. The summed E-state index contributed by atoms with van der Waals surface area (Å²) in [6.07, 6.45) is 7.06. The Kier molecular flexibility index (Phi) is 6.20. The summed E-state index contributed by atoms with van der Waals surface area (Å²) in [7, 11) is 0. The summed E-state index contributed by atoms with van der Waals surface area (Å²) in [6, 6.07) is 9.16. The number of hydrogen-bond acceptors (Lipinski definition) is 3. The van der Waals surface area contributed by atoms with Crippen molar-refractivity contribution in [2.45, 2.75) is 63.6 Å². The lowest BCUT2D eigenvalue weighted by Crippen LogP contribution is -2.39. The number of halogens is 1. The van der Waals surface area contributed by atoms with Gasteiger partial charge in [-0.05, 0) is 55.7 Å². The van der Waals surface area contributed by atoms with Gasteiger partial charge in [0.05, 0.1) is 0 Å². The Bertz CT molecular complexity index is 637. The number of anilines is 1. The molecule has 2 bridgehead atoms. The monoisotopic (exact) mass is 377 g/mol. The Morgan fingerprint density at radius 3 is 2.46 bits per heavy atom. The van der Waals surface area contributed by atoms with Crippen molar-refractivity contribution in [3.05, 3.63) is 29.8 Å². The van der Waals surface area contributed by atoms with Crippen molar-refractivity contribution in [1.29, 1.82) is 0 Å². The normalized spacial score (nSPS) is 27.3. The van der Waals surface area contributed by atoms with Crippen molar-refractivity contribution in [2.24, 2.45) is 5.92 Å². The molecule has 2 amide bonds. The molecule has 3 aliphatic rings. The van der Waals surface area contributed by atoms with Gasteiger partial charge in [0.1, 0.15) is 0 Å². The van der Waals surface area contributed by atoms with Crippen LogP contribution in [0.2, 0.25) is 0 Å². The van der Waals surface area contributed by atoms with E-state index in [1.165, 1.54) is 12.8 Å². The Morgan fingerprint density at radius 1 is 1.15 bits per heavy atom. The van der Waals surface area contributed by atoms with E-state index >= 15 is 0 Å². The molecule has 1 aromatic rings. The molecular formula is C20H28ClN3O2. The van der Waals surface area contributed by atoms with Gasteiger partial charge in [-0.25, -0.2) is 0 Å². The van der Waals surface area contributed by atoms with Gasteiger partial charge in [-0.15, -0.1) is 12.4 Å². The number of hydrogen-bond donors (Lipinski definition) is 2. The summed E-state index contributed by atoms with van der Waals surface area (Å²) in [5.74, 6) is 0.876. The van der Waals surface area contributed by atoms with Gasteiger partial charge >= 0.3 is 0 Å². The fourth-order valence-corrected chi connectivity index (χ4v) is 4.60. The lowest BCUT2D eigenvalue weighted by molar-refractivity contribution is -0.128. The minimum Gasteiger partial charge on any atom is -0.338 e. The van der Waals surface area contributed by atoms with Gasteiger partial charge in [0.2, 0.25) is 11.8 Å². The van der Waals surface area contributed by atoms with E-state index in [0.717, 1.165) is 37.1 Å². The van der Waals surface area contributed by atoms with Gasteiger partial charge < -0.3 is 15.5 Å². The van der Waals surface area contributed by atoms with Crippen LogP contribution in [-0.2, 0) is 16.1 Å². The zero-order chi connectivity index (χ0) is 17.2. The maximum Gasteiger partial charge on any atom is 0.224 e. The number of piperidine rings is 1. The van der Waals surface area contributed by atoms with E-state index in [1.54, 1.807) is 0 Å². The molecule has 0 spiro atoms. The third-order valence-corrected chi connectivity index (χ3v) is 5.83. The second-order valence-corrected chi connectivity index (χ2v) is 7.84. The van der Waals surface area contributed by atoms with Crippen LogP contribution >= 0.6 is 12.4 Å². The van der Waals surface area contributed by atoms with Gasteiger partial charge in [0.25, 0.3) is 0 Å². The first-order valence-electron chi connectivity index (χ1n) is 9.58. The van der Waals surface area contributed by atoms with Crippen LogP contribution in [0.1, 0.15) is 50.5 Å². The third kappa shape index (κ3) is 4.57. The lowest BCUT2D eigenvalue weighted by Gasteiger charge is -2.28. The largest absolute Gasteiger partial charge is 0.338 e. The summed E-state index contributed by atoms with van der Waals surface area (Å²) < 4.78 is 0. The van der Waals surface area contributed by atoms with Crippen molar-refractivity contribution in [3.63, 3.8) is 0 Å². The second-order valence-electron chi connectivity index (χ2n) is 7.84. The van der Waals surface area contributed by atoms with Crippen LogP contribution in [0.25, 0.3) is 0 Å². The summed E-state index contributed by atoms with van der Waals surface area (Å²) >= 11 is 0. The Balaban J connectivity index is 0.00000196. The van der Waals surface area contributed by atoms with Gasteiger partial charge in [-0.3, -0.25) is 9.59 Å². The van der Waals surface area contributed by atoms with E-state index in [4.69, 9.17) is 0 Å². The van der Waals surface area contributed by atoms with Gasteiger partial charge in [-0.2, -0.15) is 0 Å². The van der Waals surface area contributed by atoms with E-state index in [0.29, 0.717) is 37.4 Å². The number of benzene rings is 1. The van der Waals surface area contributed by atoms with Crippen molar-refractivity contribution in [2.75, 3.05) is 11.9 Å². The molecule has 142 valence electrons. The average Bonchev–Trinajstić information content (AvgIpc) is 3.14. The molecule has 0 aliphatic carbocycles. The number of rotatable bonds is 5. The Morgan fingerprint density at radius 2 is 1.85 bits per heavy atom. The molecule has 26 heavy (non-hydrogen) atoms. The van der Waals surface area contributed by atoms with E-state index in [2.05, 4.69) is 10.6 Å². The van der Waals surface area contributed by atoms with Gasteiger partial charge in [0, 0.05) is 43.7 Å². The molecule has 3 heterocycles. The number of nitrogens with zero attached hydrogens (tertiary/aromatic N) is 1. The van der Waals surface area contributed by atoms with Crippen molar-refractivity contribution < 1.29 is 9.59 Å². The maximum absolute atomic E-state index is 12.3. The van der Waals surface area contributed by atoms with Crippen molar-refractivity contribution in [3.8, 4) is 0 Å². The summed E-state index contributed by atoms with van der Waals surface area (Å²) in [5, 5.41) is 6.65. The summed E-state index contributed by atoms with van der Waals surface area (Å²) in [6.45, 7) is 1.53. The molecule has 1 aromatic carbocycles. The summed E-state index contributed by atoms with van der Waals surface area (Å²) in [4.78, 5) is 25.9.